The summed E-state index contributed by atoms with van der Waals surface area (Å²) in [7, 11) is 1.61. The van der Waals surface area contributed by atoms with Gasteiger partial charge in [-0.05, 0) is 54.7 Å². The van der Waals surface area contributed by atoms with E-state index in [0.717, 1.165) is 34.9 Å². The molecular weight excluding hydrogens is 526 g/mol. The van der Waals surface area contributed by atoms with Crippen molar-refractivity contribution in [2.45, 2.75) is 37.4 Å². The van der Waals surface area contributed by atoms with E-state index in [9.17, 15) is 15.0 Å². The summed E-state index contributed by atoms with van der Waals surface area (Å²) in [6.45, 7) is 1.83. The summed E-state index contributed by atoms with van der Waals surface area (Å²) < 4.78 is 23.1. The Morgan fingerprint density at radius 3 is 2.98 bits per heavy atom. The van der Waals surface area contributed by atoms with Crippen LogP contribution in [0.15, 0.2) is 78.4 Å². The Morgan fingerprint density at radius 2 is 2.17 bits per heavy atom. The summed E-state index contributed by atoms with van der Waals surface area (Å²) in [6, 6.07) is 7.46. The van der Waals surface area contributed by atoms with Crippen LogP contribution in [0, 0.1) is 5.92 Å². The first-order valence-electron chi connectivity index (χ1n) is 14.0. The third-order valence-electron chi connectivity index (χ3n) is 8.42. The van der Waals surface area contributed by atoms with Gasteiger partial charge in [0.1, 0.15) is 17.6 Å². The van der Waals surface area contributed by atoms with E-state index in [1.807, 2.05) is 36.4 Å². The number of hydrogen-bond acceptors (Lipinski definition) is 9. The number of pyridine rings is 1. The molecule has 6 rings (SSSR count). The number of methoxy groups -OCH3 is 1. The number of allylic oxidation sites excluding steroid dienone is 4. The molecule has 4 aliphatic rings. The van der Waals surface area contributed by atoms with Gasteiger partial charge in [0.25, 0.3) is 0 Å². The number of rotatable bonds is 8. The highest BCUT2D eigenvalue weighted by Gasteiger charge is 2.54. The number of benzene rings is 1. The molecule has 0 bridgehead atoms. The zero-order valence-corrected chi connectivity index (χ0v) is 23.1. The van der Waals surface area contributed by atoms with Crippen molar-refractivity contribution in [2.24, 2.45) is 5.92 Å². The summed E-state index contributed by atoms with van der Waals surface area (Å²) in [5.41, 5.74) is 1.79. The number of hydrogen-bond donors (Lipinski definition) is 2. The Bertz CT molecular complexity index is 1430. The lowest BCUT2D eigenvalue weighted by Gasteiger charge is -2.44. The lowest BCUT2D eigenvalue weighted by Crippen LogP contribution is -2.55. The minimum absolute atomic E-state index is 0.0357. The third-order valence-corrected chi connectivity index (χ3v) is 8.42. The minimum Gasteiger partial charge on any atom is -0.497 e. The molecular formula is C31H35N3O7. The summed E-state index contributed by atoms with van der Waals surface area (Å²) >= 11 is 0. The second kappa shape index (κ2) is 11.6. The van der Waals surface area contributed by atoms with Gasteiger partial charge in [0.15, 0.2) is 12.0 Å². The van der Waals surface area contributed by atoms with Crippen LogP contribution in [0.5, 0.6) is 5.75 Å². The highest BCUT2D eigenvalue weighted by molar-refractivity contribution is 5.83. The van der Waals surface area contributed by atoms with Crippen LogP contribution in [0.3, 0.4) is 0 Å². The van der Waals surface area contributed by atoms with Crippen LogP contribution in [-0.4, -0.2) is 76.6 Å². The number of β-amino-alcohol motifs (C(OH)–C–C–N with tert-alkyl or cyclic N) is 1. The Labute approximate surface area is 238 Å². The predicted octanol–water partition coefficient (Wildman–Crippen LogP) is 4.14. The number of amides is 1. The largest absolute Gasteiger partial charge is 0.497 e. The average molecular weight is 562 g/mol. The van der Waals surface area contributed by atoms with Crippen LogP contribution < -0.4 is 4.74 Å². The van der Waals surface area contributed by atoms with Gasteiger partial charge in [0, 0.05) is 50.2 Å². The van der Waals surface area contributed by atoms with Crippen molar-refractivity contribution in [1.29, 1.82) is 0 Å². The van der Waals surface area contributed by atoms with E-state index in [1.165, 1.54) is 11.2 Å². The molecule has 3 unspecified atom stereocenters. The Morgan fingerprint density at radius 1 is 1.27 bits per heavy atom. The second-order valence-electron chi connectivity index (χ2n) is 10.9. The SMILES string of the molecule is COc1ccc2nccc(C(O)CN3CCC4(CN(C5=COC=C(C6=CC=CCC6)O5)C(=O)O4)C(CCO)C3)c2c1. The number of aliphatic hydroxyl groups excluding tert-OH is 2. The van der Waals surface area contributed by atoms with Crippen LogP contribution in [-0.2, 0) is 14.2 Å². The van der Waals surface area contributed by atoms with Crippen molar-refractivity contribution in [1.82, 2.24) is 14.8 Å². The van der Waals surface area contributed by atoms with Crippen molar-refractivity contribution in [3.05, 3.63) is 84.0 Å². The smallest absolute Gasteiger partial charge is 0.417 e. The molecule has 216 valence electrons. The lowest BCUT2D eigenvalue weighted by molar-refractivity contribution is -0.0631. The van der Waals surface area contributed by atoms with E-state index in [-0.39, 0.29) is 12.5 Å². The number of aromatic nitrogens is 1. The first kappa shape index (κ1) is 27.3. The minimum atomic E-state index is -0.781. The Kier molecular flexibility index (Phi) is 7.70. The van der Waals surface area contributed by atoms with E-state index >= 15 is 0 Å². The molecule has 2 aromatic rings. The molecule has 4 heterocycles. The maximum atomic E-state index is 13.2. The maximum Gasteiger partial charge on any atom is 0.417 e. The maximum absolute atomic E-state index is 13.2. The number of aliphatic hydroxyl groups is 2. The molecule has 2 fully saturated rings. The molecule has 0 saturated carbocycles. The number of nitrogens with zero attached hydrogens (tertiary/aromatic N) is 3. The average Bonchev–Trinajstić information content (AvgIpc) is 3.35. The summed E-state index contributed by atoms with van der Waals surface area (Å²) in [5, 5.41) is 22.1. The van der Waals surface area contributed by atoms with Gasteiger partial charge in [-0.2, -0.15) is 0 Å². The fraction of sp³-hybridized carbons (Fsp3) is 0.419. The van der Waals surface area contributed by atoms with Crippen LogP contribution in [0.4, 0.5) is 4.79 Å². The molecule has 41 heavy (non-hydrogen) atoms. The zero-order valence-electron chi connectivity index (χ0n) is 23.1. The van der Waals surface area contributed by atoms with Crippen LogP contribution in [0.25, 0.3) is 10.9 Å². The number of fused-ring (bicyclic) bond motifs is 1. The molecule has 3 aliphatic heterocycles. The number of ether oxygens (including phenoxy) is 4. The van der Waals surface area contributed by atoms with E-state index < -0.39 is 17.8 Å². The fourth-order valence-corrected chi connectivity index (χ4v) is 6.19. The van der Waals surface area contributed by atoms with Crippen LogP contribution in [0.2, 0.25) is 0 Å². The van der Waals surface area contributed by atoms with Gasteiger partial charge >= 0.3 is 6.09 Å². The number of carbonyl (C=O) groups is 1. The summed E-state index contributed by atoms with van der Waals surface area (Å²) in [6.07, 6.45) is 12.2. The quantitative estimate of drug-likeness (QED) is 0.491. The van der Waals surface area contributed by atoms with E-state index in [1.54, 1.807) is 19.6 Å². The first-order chi connectivity index (χ1) is 20.0. The standard InChI is InChI=1S/C31H35N3O7/c1-38-23-7-8-26-25(15-23)24(9-12-32-26)27(36)17-33-13-11-31(22(16-33)10-14-35)20-34(30(37)41-31)29-19-39-18-28(40-29)21-5-3-2-4-6-21/h2-3,5,7-9,12,15,18-19,22,27,35-36H,4,6,10-11,13-14,16-17,20H2,1H3. The Hall–Kier alpha value is -3.86. The molecule has 0 radical (unpaired) electrons. The van der Waals surface area contributed by atoms with Gasteiger partial charge in [0.05, 0.1) is 25.3 Å². The Balaban J connectivity index is 1.15. The van der Waals surface area contributed by atoms with Crippen molar-refractivity contribution in [2.75, 3.05) is 39.9 Å². The second-order valence-corrected chi connectivity index (χ2v) is 10.9. The van der Waals surface area contributed by atoms with Crippen molar-refractivity contribution in [3.63, 3.8) is 0 Å². The van der Waals surface area contributed by atoms with Crippen molar-refractivity contribution >= 4 is 17.0 Å². The molecule has 1 aromatic heterocycles. The predicted molar refractivity (Wildman–Crippen MR) is 150 cm³/mol. The van der Waals surface area contributed by atoms with Crippen LogP contribution in [0.1, 0.15) is 37.4 Å². The number of piperidine rings is 1. The molecule has 1 amide bonds. The number of carbonyl (C=O) groups excluding carboxylic acids is 1. The molecule has 1 spiro atoms. The van der Waals surface area contributed by atoms with Crippen molar-refractivity contribution in [3.8, 4) is 5.75 Å². The molecule has 1 aliphatic carbocycles. The normalized spacial score (nSPS) is 25.2. The van der Waals surface area contributed by atoms with Gasteiger partial charge in [-0.25, -0.2) is 9.69 Å². The first-order valence-corrected chi connectivity index (χ1v) is 14.0. The summed E-state index contributed by atoms with van der Waals surface area (Å²) in [5.74, 6) is 1.44. The molecule has 2 saturated heterocycles. The van der Waals surface area contributed by atoms with E-state index in [0.29, 0.717) is 56.4 Å². The van der Waals surface area contributed by atoms with Crippen molar-refractivity contribution < 1.29 is 34.0 Å². The summed E-state index contributed by atoms with van der Waals surface area (Å²) in [4.78, 5) is 21.2. The van der Waals surface area contributed by atoms with Gasteiger partial charge in [0.2, 0.25) is 5.88 Å². The molecule has 1 aromatic carbocycles. The topological polar surface area (TPSA) is 114 Å². The third kappa shape index (κ3) is 5.42. The van der Waals surface area contributed by atoms with Gasteiger partial charge in [-0.1, -0.05) is 18.2 Å². The fourth-order valence-electron chi connectivity index (χ4n) is 6.19. The monoisotopic (exact) mass is 561 g/mol. The highest BCUT2D eigenvalue weighted by Crippen LogP contribution is 2.42. The molecule has 2 N–H and O–H groups in total. The molecule has 10 nitrogen and oxygen atoms in total. The van der Waals surface area contributed by atoms with E-state index in [2.05, 4.69) is 16.0 Å². The lowest BCUT2D eigenvalue weighted by atomic mass is 9.78. The van der Waals surface area contributed by atoms with Gasteiger partial charge in [-0.3, -0.25) is 9.88 Å². The molecule has 3 atom stereocenters. The molecule has 10 heteroatoms. The van der Waals surface area contributed by atoms with Gasteiger partial charge < -0.3 is 29.2 Å². The van der Waals surface area contributed by atoms with E-state index in [4.69, 9.17) is 18.9 Å². The van der Waals surface area contributed by atoms with Crippen LogP contribution >= 0.6 is 0 Å². The highest BCUT2D eigenvalue weighted by atomic mass is 16.6. The number of likely N-dealkylation sites (tertiary alicyclic amines) is 1. The van der Waals surface area contributed by atoms with Gasteiger partial charge in [-0.15, -0.1) is 0 Å². The zero-order chi connectivity index (χ0) is 28.4.